The topological polar surface area (TPSA) is 55.3 Å². The van der Waals surface area contributed by atoms with E-state index in [1.165, 1.54) is 12.1 Å². The number of benzene rings is 1. The number of hydrogen-bond donors (Lipinski definition) is 2. The van der Waals surface area contributed by atoms with Crippen LogP contribution in [0.4, 0.5) is 11.4 Å². The lowest BCUT2D eigenvalue weighted by Gasteiger charge is -2.22. The predicted octanol–water partition coefficient (Wildman–Crippen LogP) is 1.59. The van der Waals surface area contributed by atoms with Crippen molar-refractivity contribution in [2.75, 3.05) is 23.7 Å². The average Bonchev–Trinajstić information content (AvgIpc) is 2.44. The summed E-state index contributed by atoms with van der Waals surface area (Å²) in [6.07, 6.45) is 3.42. The van der Waals surface area contributed by atoms with Crippen LogP contribution in [0.15, 0.2) is 24.3 Å². The number of hydrogen-bond acceptors (Lipinski definition) is 3. The van der Waals surface area contributed by atoms with Crippen molar-refractivity contribution in [3.8, 4) is 0 Å². The quantitative estimate of drug-likeness (QED) is 0.684. The Hall–Kier alpha value is -1.22. The molecule has 1 aromatic carbocycles. The zero-order valence-corrected chi connectivity index (χ0v) is 9.02. The Bertz CT molecular complexity index is 307. The van der Waals surface area contributed by atoms with Crippen LogP contribution in [0.5, 0.6) is 0 Å². The highest BCUT2D eigenvalue weighted by molar-refractivity contribution is 5.53. The monoisotopic (exact) mass is 205 g/mol. The second kappa shape index (κ2) is 4.53. The molecule has 0 radical (unpaired) electrons. The molecule has 0 amide bonds. The van der Waals surface area contributed by atoms with Gasteiger partial charge in [0.1, 0.15) is 0 Å². The van der Waals surface area contributed by atoms with Gasteiger partial charge in [-0.15, -0.1) is 0 Å². The van der Waals surface area contributed by atoms with E-state index in [0.717, 1.165) is 31.6 Å². The Labute approximate surface area is 91.1 Å². The van der Waals surface area contributed by atoms with E-state index in [0.29, 0.717) is 6.04 Å². The first kappa shape index (κ1) is 10.3. The number of nitrogen functional groups attached to an aromatic ring is 1. The fourth-order valence-corrected chi connectivity index (χ4v) is 2.07. The molecule has 1 saturated heterocycles. The number of rotatable bonds is 1. The summed E-state index contributed by atoms with van der Waals surface area (Å²) in [5.74, 6) is 0. The summed E-state index contributed by atoms with van der Waals surface area (Å²) in [5, 5.41) is 0. The normalized spacial score (nSPS) is 22.5. The van der Waals surface area contributed by atoms with Crippen molar-refractivity contribution in [3.05, 3.63) is 24.3 Å². The van der Waals surface area contributed by atoms with E-state index in [1.54, 1.807) is 0 Å². The minimum atomic E-state index is 0.379. The molecule has 4 N–H and O–H groups in total. The molecule has 0 aromatic heterocycles. The number of nitrogens with zero attached hydrogens (tertiary/aromatic N) is 1. The van der Waals surface area contributed by atoms with Gasteiger partial charge in [0.25, 0.3) is 0 Å². The Morgan fingerprint density at radius 2 is 1.80 bits per heavy atom. The van der Waals surface area contributed by atoms with Gasteiger partial charge in [0.05, 0.1) is 0 Å². The van der Waals surface area contributed by atoms with Gasteiger partial charge in [0, 0.05) is 30.5 Å². The molecule has 1 aliphatic rings. The zero-order chi connectivity index (χ0) is 10.7. The third-order valence-electron chi connectivity index (χ3n) is 3.03. The summed E-state index contributed by atoms with van der Waals surface area (Å²) in [6, 6.07) is 8.47. The second-order valence-corrected chi connectivity index (χ2v) is 4.27. The molecule has 1 aromatic rings. The Kier molecular flexibility index (Phi) is 3.11. The third kappa shape index (κ3) is 2.63. The van der Waals surface area contributed by atoms with Gasteiger partial charge in [-0.25, -0.2) is 0 Å². The second-order valence-electron chi connectivity index (χ2n) is 4.27. The van der Waals surface area contributed by atoms with Crippen LogP contribution < -0.4 is 16.4 Å². The molecule has 1 aliphatic heterocycles. The van der Waals surface area contributed by atoms with Crippen molar-refractivity contribution >= 4 is 11.4 Å². The summed E-state index contributed by atoms with van der Waals surface area (Å²) >= 11 is 0. The maximum atomic E-state index is 5.95. The number of anilines is 2. The van der Waals surface area contributed by atoms with Crippen molar-refractivity contribution in [1.82, 2.24) is 0 Å². The van der Waals surface area contributed by atoms with Crippen molar-refractivity contribution in [1.29, 1.82) is 0 Å². The van der Waals surface area contributed by atoms with Crippen LogP contribution in [0, 0.1) is 0 Å². The first-order chi connectivity index (χ1) is 7.25. The van der Waals surface area contributed by atoms with Crippen molar-refractivity contribution in [3.63, 3.8) is 0 Å². The molecule has 2 rings (SSSR count). The standard InChI is InChI=1S/C12H19N3/c13-10-2-1-8-15(9-7-10)12-5-3-11(14)4-6-12/h3-6,10H,1-2,7-9,13-14H2. The third-order valence-corrected chi connectivity index (χ3v) is 3.03. The summed E-state index contributed by atoms with van der Waals surface area (Å²) < 4.78 is 0. The maximum Gasteiger partial charge on any atom is 0.0367 e. The van der Waals surface area contributed by atoms with Crippen molar-refractivity contribution in [2.45, 2.75) is 25.3 Å². The van der Waals surface area contributed by atoms with Crippen LogP contribution in [-0.4, -0.2) is 19.1 Å². The lowest BCUT2D eigenvalue weighted by molar-refractivity contribution is 0.601. The maximum absolute atomic E-state index is 5.95. The van der Waals surface area contributed by atoms with Gasteiger partial charge in [0.2, 0.25) is 0 Å². The molecule has 1 atom stereocenters. The lowest BCUT2D eigenvalue weighted by atomic mass is 10.1. The average molecular weight is 205 g/mol. The van der Waals surface area contributed by atoms with Crippen LogP contribution in [-0.2, 0) is 0 Å². The van der Waals surface area contributed by atoms with E-state index >= 15 is 0 Å². The predicted molar refractivity (Wildman–Crippen MR) is 64.9 cm³/mol. The fraction of sp³-hybridized carbons (Fsp3) is 0.500. The molecule has 1 fully saturated rings. The molecule has 0 bridgehead atoms. The molecule has 82 valence electrons. The molecule has 0 aliphatic carbocycles. The van der Waals surface area contributed by atoms with E-state index in [1.807, 2.05) is 12.1 Å². The zero-order valence-electron chi connectivity index (χ0n) is 9.02. The minimum absolute atomic E-state index is 0.379. The van der Waals surface area contributed by atoms with Crippen LogP contribution in [0.1, 0.15) is 19.3 Å². The Morgan fingerprint density at radius 3 is 2.53 bits per heavy atom. The first-order valence-corrected chi connectivity index (χ1v) is 5.62. The molecule has 3 heteroatoms. The SMILES string of the molecule is Nc1ccc(N2CCCC(N)CC2)cc1. The molecular formula is C12H19N3. The van der Waals surface area contributed by atoms with Crippen molar-refractivity contribution < 1.29 is 0 Å². The highest BCUT2D eigenvalue weighted by Crippen LogP contribution is 2.20. The van der Waals surface area contributed by atoms with Gasteiger partial charge in [-0.3, -0.25) is 0 Å². The van der Waals surface area contributed by atoms with E-state index in [9.17, 15) is 0 Å². The molecule has 1 heterocycles. The summed E-state index contributed by atoms with van der Waals surface area (Å²) in [7, 11) is 0. The van der Waals surface area contributed by atoms with Gasteiger partial charge in [0.15, 0.2) is 0 Å². The van der Waals surface area contributed by atoms with Gasteiger partial charge in [-0.05, 0) is 43.5 Å². The molecule has 0 spiro atoms. The highest BCUT2D eigenvalue weighted by atomic mass is 15.1. The first-order valence-electron chi connectivity index (χ1n) is 5.62. The molecule has 0 saturated carbocycles. The summed E-state index contributed by atoms with van der Waals surface area (Å²) in [5.41, 5.74) is 13.7. The summed E-state index contributed by atoms with van der Waals surface area (Å²) in [4.78, 5) is 2.40. The Balaban J connectivity index is 2.06. The fourth-order valence-electron chi connectivity index (χ4n) is 2.07. The van der Waals surface area contributed by atoms with Gasteiger partial charge >= 0.3 is 0 Å². The molecule has 3 nitrogen and oxygen atoms in total. The van der Waals surface area contributed by atoms with E-state index in [4.69, 9.17) is 11.5 Å². The van der Waals surface area contributed by atoms with Gasteiger partial charge in [-0.2, -0.15) is 0 Å². The lowest BCUT2D eigenvalue weighted by Crippen LogP contribution is -2.26. The van der Waals surface area contributed by atoms with E-state index < -0.39 is 0 Å². The van der Waals surface area contributed by atoms with Crippen LogP contribution in [0.3, 0.4) is 0 Å². The number of nitrogens with two attached hydrogens (primary N) is 2. The van der Waals surface area contributed by atoms with Crippen LogP contribution >= 0.6 is 0 Å². The smallest absolute Gasteiger partial charge is 0.0367 e. The summed E-state index contributed by atoms with van der Waals surface area (Å²) in [6.45, 7) is 2.17. The molecule has 15 heavy (non-hydrogen) atoms. The highest BCUT2D eigenvalue weighted by Gasteiger charge is 2.13. The van der Waals surface area contributed by atoms with Crippen LogP contribution in [0.25, 0.3) is 0 Å². The largest absolute Gasteiger partial charge is 0.399 e. The van der Waals surface area contributed by atoms with Gasteiger partial charge < -0.3 is 16.4 Å². The Morgan fingerprint density at radius 1 is 1.07 bits per heavy atom. The minimum Gasteiger partial charge on any atom is -0.399 e. The van der Waals surface area contributed by atoms with E-state index in [2.05, 4.69) is 17.0 Å². The van der Waals surface area contributed by atoms with Crippen molar-refractivity contribution in [2.24, 2.45) is 5.73 Å². The van der Waals surface area contributed by atoms with Gasteiger partial charge in [-0.1, -0.05) is 0 Å². The molecular weight excluding hydrogens is 186 g/mol. The van der Waals surface area contributed by atoms with E-state index in [-0.39, 0.29) is 0 Å². The molecule has 1 unspecified atom stereocenters. The van der Waals surface area contributed by atoms with Crippen LogP contribution in [0.2, 0.25) is 0 Å².